The van der Waals surface area contributed by atoms with Gasteiger partial charge >= 0.3 is 0 Å². The van der Waals surface area contributed by atoms with Crippen LogP contribution in [0.15, 0.2) is 24.3 Å². The van der Waals surface area contributed by atoms with Crippen LogP contribution in [0.3, 0.4) is 0 Å². The molecule has 0 aliphatic heterocycles. The van der Waals surface area contributed by atoms with Gasteiger partial charge in [-0.15, -0.1) is 0 Å². The summed E-state index contributed by atoms with van der Waals surface area (Å²) in [5.41, 5.74) is 7.12. The van der Waals surface area contributed by atoms with Crippen molar-refractivity contribution < 1.29 is 4.39 Å². The lowest BCUT2D eigenvalue weighted by molar-refractivity contribution is 0.349. The van der Waals surface area contributed by atoms with E-state index in [1.165, 1.54) is 6.92 Å². The summed E-state index contributed by atoms with van der Waals surface area (Å²) in [5.74, 6) is 0. The van der Waals surface area contributed by atoms with Crippen molar-refractivity contribution >= 4 is 22.6 Å². The minimum atomic E-state index is -1.29. The Balaban J connectivity index is 2.93. The van der Waals surface area contributed by atoms with Crippen LogP contribution in [0.4, 0.5) is 4.39 Å². The predicted molar refractivity (Wildman–Crippen MR) is 56.8 cm³/mol. The Morgan fingerprint density at radius 3 is 2.25 bits per heavy atom. The van der Waals surface area contributed by atoms with Crippen LogP contribution in [0.5, 0.6) is 0 Å². The minimum absolute atomic E-state index is 0.504. The molecule has 3 heteroatoms. The summed E-state index contributed by atoms with van der Waals surface area (Å²) in [5, 5.41) is 0. The molecule has 1 atom stereocenters. The highest BCUT2D eigenvalue weighted by Crippen LogP contribution is 2.32. The molecule has 0 aliphatic rings. The van der Waals surface area contributed by atoms with Crippen molar-refractivity contribution in [3.8, 4) is 0 Å². The van der Waals surface area contributed by atoms with Gasteiger partial charge < -0.3 is 5.73 Å². The van der Waals surface area contributed by atoms with E-state index in [0.717, 1.165) is 5.56 Å². The van der Waals surface area contributed by atoms with Crippen LogP contribution < -0.4 is 5.73 Å². The maximum Gasteiger partial charge on any atom is 0.183 e. The molecule has 66 valence electrons. The molecule has 0 spiro atoms. The van der Waals surface area contributed by atoms with Gasteiger partial charge in [0.25, 0.3) is 0 Å². The average molecular weight is 279 g/mol. The van der Waals surface area contributed by atoms with Crippen LogP contribution in [0.1, 0.15) is 18.1 Å². The Morgan fingerprint density at radius 1 is 1.42 bits per heavy atom. The molecular formula is C9H11FIN. The number of hydrogen-bond donors (Lipinski definition) is 1. The molecule has 2 N–H and O–H groups in total. The lowest BCUT2D eigenvalue weighted by Gasteiger charge is -2.12. The highest BCUT2D eigenvalue weighted by Gasteiger charge is 2.20. The molecule has 12 heavy (non-hydrogen) atoms. The molecule has 0 saturated carbocycles. The van der Waals surface area contributed by atoms with Crippen molar-refractivity contribution in [1.82, 2.24) is 0 Å². The zero-order valence-corrected chi connectivity index (χ0v) is 9.01. The second-order valence-corrected chi connectivity index (χ2v) is 4.82. The topological polar surface area (TPSA) is 26.0 Å². The van der Waals surface area contributed by atoms with E-state index in [1.807, 2.05) is 12.1 Å². The molecule has 0 bridgehead atoms. The molecule has 0 fully saturated rings. The van der Waals surface area contributed by atoms with E-state index in [1.54, 1.807) is 34.7 Å². The molecular weight excluding hydrogens is 268 g/mol. The highest BCUT2D eigenvalue weighted by atomic mass is 127. The van der Waals surface area contributed by atoms with Crippen molar-refractivity contribution in [2.45, 2.75) is 17.1 Å². The van der Waals surface area contributed by atoms with E-state index in [9.17, 15) is 4.39 Å². The van der Waals surface area contributed by atoms with Gasteiger partial charge in [-0.3, -0.25) is 0 Å². The van der Waals surface area contributed by atoms with Crippen LogP contribution in [0.25, 0.3) is 0 Å². The lowest BCUT2D eigenvalue weighted by Crippen LogP contribution is -2.04. The van der Waals surface area contributed by atoms with Gasteiger partial charge in [0.1, 0.15) is 0 Å². The number of rotatable bonds is 2. The highest BCUT2D eigenvalue weighted by molar-refractivity contribution is 14.1. The SMILES string of the molecule is CC(F)(I)c1ccc(CN)cc1. The van der Waals surface area contributed by atoms with Crippen molar-refractivity contribution in [3.05, 3.63) is 35.4 Å². The number of halogens is 2. The van der Waals surface area contributed by atoms with E-state index in [-0.39, 0.29) is 0 Å². The third-order valence-electron chi connectivity index (χ3n) is 1.70. The third-order valence-corrected chi connectivity index (χ3v) is 2.32. The summed E-state index contributed by atoms with van der Waals surface area (Å²) < 4.78 is 12.0. The Hall–Kier alpha value is -0.160. The molecule has 1 rings (SSSR count). The second-order valence-electron chi connectivity index (χ2n) is 2.79. The maximum atomic E-state index is 13.3. The fourth-order valence-corrected chi connectivity index (χ4v) is 1.29. The summed E-state index contributed by atoms with van der Waals surface area (Å²) in [6, 6.07) is 7.25. The first-order valence-corrected chi connectivity index (χ1v) is 4.79. The van der Waals surface area contributed by atoms with Crippen LogP contribution in [-0.4, -0.2) is 0 Å². The molecule has 0 amide bonds. The largest absolute Gasteiger partial charge is 0.326 e. The van der Waals surface area contributed by atoms with Gasteiger partial charge in [0, 0.05) is 6.54 Å². The van der Waals surface area contributed by atoms with Gasteiger partial charge in [-0.2, -0.15) is 0 Å². The molecule has 0 saturated heterocycles. The van der Waals surface area contributed by atoms with E-state index in [2.05, 4.69) is 0 Å². The molecule has 1 aromatic carbocycles. The zero-order valence-electron chi connectivity index (χ0n) is 6.85. The van der Waals surface area contributed by atoms with Crippen LogP contribution in [0.2, 0.25) is 0 Å². The molecule has 0 aliphatic carbocycles. The van der Waals surface area contributed by atoms with Crippen molar-refractivity contribution in [3.63, 3.8) is 0 Å². The molecule has 1 nitrogen and oxygen atoms in total. The fraction of sp³-hybridized carbons (Fsp3) is 0.333. The first-order valence-electron chi connectivity index (χ1n) is 3.71. The smallest absolute Gasteiger partial charge is 0.183 e. The van der Waals surface area contributed by atoms with E-state index in [4.69, 9.17) is 5.73 Å². The van der Waals surface area contributed by atoms with Gasteiger partial charge in [-0.25, -0.2) is 4.39 Å². The van der Waals surface area contributed by atoms with Crippen molar-refractivity contribution in [2.75, 3.05) is 0 Å². The Kier molecular flexibility index (Phi) is 3.06. The summed E-state index contributed by atoms with van der Waals surface area (Å²) >= 11 is 1.77. The Bertz CT molecular complexity index is 250. The predicted octanol–water partition coefficient (Wildman–Crippen LogP) is 2.72. The maximum absolute atomic E-state index is 13.3. The van der Waals surface area contributed by atoms with Gasteiger partial charge in [0.05, 0.1) is 0 Å². The Labute approximate surface area is 85.3 Å². The minimum Gasteiger partial charge on any atom is -0.326 e. The number of hydrogen-bond acceptors (Lipinski definition) is 1. The summed E-state index contributed by atoms with van der Waals surface area (Å²) in [6.45, 7) is 2.04. The number of alkyl halides is 2. The van der Waals surface area contributed by atoms with Crippen LogP contribution >= 0.6 is 22.6 Å². The molecule has 0 heterocycles. The monoisotopic (exact) mass is 279 g/mol. The molecule has 0 aromatic heterocycles. The van der Waals surface area contributed by atoms with Crippen LogP contribution in [-0.2, 0) is 10.2 Å². The van der Waals surface area contributed by atoms with E-state index >= 15 is 0 Å². The zero-order chi connectivity index (χ0) is 9.19. The first-order chi connectivity index (χ1) is 5.54. The van der Waals surface area contributed by atoms with Gasteiger partial charge in [-0.1, -0.05) is 24.3 Å². The summed E-state index contributed by atoms with van der Waals surface area (Å²) in [6.07, 6.45) is 0. The molecule has 1 aromatic rings. The van der Waals surface area contributed by atoms with Crippen LogP contribution in [0, 0.1) is 0 Å². The standard InChI is InChI=1S/C9H11FIN/c1-9(10,11)8-4-2-7(6-12)3-5-8/h2-5H,6,12H2,1H3. The van der Waals surface area contributed by atoms with Gasteiger partial charge in [0.15, 0.2) is 3.68 Å². The number of nitrogens with two attached hydrogens (primary N) is 1. The average Bonchev–Trinajstić information content (AvgIpc) is 2.03. The first kappa shape index (κ1) is 9.92. The molecule has 0 radical (unpaired) electrons. The van der Waals surface area contributed by atoms with E-state index < -0.39 is 3.68 Å². The lowest BCUT2D eigenvalue weighted by atomic mass is 10.1. The van der Waals surface area contributed by atoms with Crippen molar-refractivity contribution in [1.29, 1.82) is 0 Å². The molecule has 1 unspecified atom stereocenters. The van der Waals surface area contributed by atoms with Crippen molar-refractivity contribution in [2.24, 2.45) is 5.73 Å². The number of benzene rings is 1. The van der Waals surface area contributed by atoms with Gasteiger partial charge in [-0.05, 0) is 40.6 Å². The second kappa shape index (κ2) is 3.70. The third kappa shape index (κ3) is 2.42. The quantitative estimate of drug-likeness (QED) is 0.653. The van der Waals surface area contributed by atoms with E-state index in [0.29, 0.717) is 12.1 Å². The Morgan fingerprint density at radius 2 is 1.92 bits per heavy atom. The normalized spacial score (nSPS) is 15.7. The van der Waals surface area contributed by atoms with Gasteiger partial charge in [0.2, 0.25) is 0 Å². The summed E-state index contributed by atoms with van der Waals surface area (Å²) in [7, 11) is 0. The fourth-order valence-electron chi connectivity index (χ4n) is 0.933. The summed E-state index contributed by atoms with van der Waals surface area (Å²) in [4.78, 5) is 0.